The molecule has 37 heavy (non-hydrogen) atoms. The summed E-state index contributed by atoms with van der Waals surface area (Å²) in [6.45, 7) is 5.63. The maximum absolute atomic E-state index is 13.6. The molecule has 3 aromatic rings. The van der Waals surface area contributed by atoms with E-state index in [2.05, 4.69) is 4.90 Å². The van der Waals surface area contributed by atoms with Gasteiger partial charge in [0.2, 0.25) is 10.0 Å². The number of nitrogens with zero attached hydrogens (tertiary/aromatic N) is 4. The van der Waals surface area contributed by atoms with E-state index in [1.807, 2.05) is 46.1 Å². The molecule has 2 aromatic carbocycles. The predicted octanol–water partition coefficient (Wildman–Crippen LogP) is 3.70. The summed E-state index contributed by atoms with van der Waals surface area (Å²) in [5.74, 6) is 0.511. The molecule has 4 rings (SSSR count). The molecule has 1 aliphatic rings. The number of rotatable bonds is 9. The number of morpholine rings is 1. The average Bonchev–Trinajstić information content (AvgIpc) is 3.28. The van der Waals surface area contributed by atoms with E-state index in [9.17, 15) is 13.2 Å². The van der Waals surface area contributed by atoms with Crippen LogP contribution < -0.4 is 9.64 Å². The van der Waals surface area contributed by atoms with E-state index in [4.69, 9.17) is 14.5 Å². The van der Waals surface area contributed by atoms with Crippen LogP contribution in [0.25, 0.3) is 10.2 Å². The van der Waals surface area contributed by atoms with Gasteiger partial charge in [0.05, 0.1) is 34.4 Å². The highest BCUT2D eigenvalue weighted by molar-refractivity contribution is 7.89. The zero-order valence-corrected chi connectivity index (χ0v) is 23.5. The lowest BCUT2D eigenvalue weighted by molar-refractivity contribution is -0.0440. The van der Waals surface area contributed by atoms with Crippen molar-refractivity contribution in [1.29, 1.82) is 0 Å². The molecule has 200 valence electrons. The fraction of sp³-hybridized carbons (Fsp3) is 0.462. The normalized spacial score (nSPS) is 18.9. The van der Waals surface area contributed by atoms with Gasteiger partial charge in [0.1, 0.15) is 5.75 Å². The first kappa shape index (κ1) is 27.5. The molecular weight excluding hydrogens is 512 g/mol. The number of carbonyl (C=O) groups is 1. The van der Waals surface area contributed by atoms with Gasteiger partial charge >= 0.3 is 0 Å². The van der Waals surface area contributed by atoms with E-state index in [0.29, 0.717) is 30.3 Å². The van der Waals surface area contributed by atoms with Gasteiger partial charge in [-0.1, -0.05) is 11.3 Å². The molecule has 11 heteroatoms. The van der Waals surface area contributed by atoms with Gasteiger partial charge in [0.25, 0.3) is 5.91 Å². The van der Waals surface area contributed by atoms with Crippen molar-refractivity contribution >= 4 is 42.6 Å². The summed E-state index contributed by atoms with van der Waals surface area (Å²) in [4.78, 5) is 22.3. The van der Waals surface area contributed by atoms with Gasteiger partial charge in [-0.2, -0.15) is 4.31 Å². The standard InChI is InChI=1S/C26H34N4O5S2/c1-18-16-29(17-19(2)35-18)37(32,33)22-10-7-20(8-11-22)25(31)30(14-6-13-28(3)4)26-27-23-12-9-21(34-5)15-24(23)36-26/h7-12,15,18-19H,6,13-14,16-17H2,1-5H3. The first-order chi connectivity index (χ1) is 17.6. The van der Waals surface area contributed by atoms with Crippen LogP contribution >= 0.6 is 11.3 Å². The number of carbonyl (C=O) groups excluding carboxylic acids is 1. The summed E-state index contributed by atoms with van der Waals surface area (Å²) in [5, 5.41) is 0.597. The second-order valence-electron chi connectivity index (χ2n) is 9.55. The third kappa shape index (κ3) is 6.29. The lowest BCUT2D eigenvalue weighted by Gasteiger charge is -2.34. The lowest BCUT2D eigenvalue weighted by atomic mass is 10.2. The number of thiazole rings is 1. The molecule has 0 saturated carbocycles. The summed E-state index contributed by atoms with van der Waals surface area (Å²) in [5.41, 5.74) is 1.20. The van der Waals surface area contributed by atoms with Gasteiger partial charge < -0.3 is 14.4 Å². The topological polar surface area (TPSA) is 92.3 Å². The van der Waals surface area contributed by atoms with Crippen molar-refractivity contribution in [3.63, 3.8) is 0 Å². The Kier molecular flexibility index (Phi) is 8.49. The molecule has 2 heterocycles. The Morgan fingerprint density at radius 2 is 1.78 bits per heavy atom. The van der Waals surface area contributed by atoms with Crippen LogP contribution in [-0.4, -0.2) is 88.1 Å². The van der Waals surface area contributed by atoms with Crippen LogP contribution in [0.5, 0.6) is 5.75 Å². The summed E-state index contributed by atoms with van der Waals surface area (Å²) < 4.78 is 39.8. The van der Waals surface area contributed by atoms with Crippen molar-refractivity contribution in [1.82, 2.24) is 14.2 Å². The number of methoxy groups -OCH3 is 1. The number of anilines is 1. The Bertz CT molecular complexity index is 1330. The first-order valence-electron chi connectivity index (χ1n) is 12.3. The van der Waals surface area contributed by atoms with E-state index < -0.39 is 10.0 Å². The molecule has 1 amide bonds. The van der Waals surface area contributed by atoms with Crippen LogP contribution in [-0.2, 0) is 14.8 Å². The Balaban J connectivity index is 1.60. The molecular formula is C26H34N4O5S2. The smallest absolute Gasteiger partial charge is 0.260 e. The van der Waals surface area contributed by atoms with Crippen molar-refractivity contribution in [3.05, 3.63) is 48.0 Å². The number of hydrogen-bond acceptors (Lipinski definition) is 8. The second kappa shape index (κ2) is 11.4. The van der Waals surface area contributed by atoms with Crippen molar-refractivity contribution in [2.75, 3.05) is 52.3 Å². The summed E-state index contributed by atoms with van der Waals surface area (Å²) in [7, 11) is 1.91. The van der Waals surface area contributed by atoms with Crippen molar-refractivity contribution in [2.45, 2.75) is 37.4 Å². The van der Waals surface area contributed by atoms with Gasteiger partial charge in [-0.15, -0.1) is 0 Å². The van der Waals surface area contributed by atoms with Crippen LogP contribution in [0.3, 0.4) is 0 Å². The van der Waals surface area contributed by atoms with Crippen LogP contribution in [0.4, 0.5) is 5.13 Å². The Morgan fingerprint density at radius 1 is 1.11 bits per heavy atom. The number of ether oxygens (including phenoxy) is 2. The highest BCUT2D eigenvalue weighted by Gasteiger charge is 2.32. The molecule has 1 aromatic heterocycles. The molecule has 0 spiro atoms. The van der Waals surface area contributed by atoms with E-state index in [1.165, 1.54) is 27.8 Å². The highest BCUT2D eigenvalue weighted by atomic mass is 32.2. The number of benzene rings is 2. The Hall–Kier alpha value is -2.57. The Labute approximate surface area is 222 Å². The second-order valence-corrected chi connectivity index (χ2v) is 12.5. The third-order valence-corrected chi connectivity index (χ3v) is 9.06. The summed E-state index contributed by atoms with van der Waals surface area (Å²) in [6, 6.07) is 11.8. The molecule has 2 atom stereocenters. The molecule has 2 unspecified atom stereocenters. The number of hydrogen-bond donors (Lipinski definition) is 0. The highest BCUT2D eigenvalue weighted by Crippen LogP contribution is 2.32. The third-order valence-electron chi connectivity index (χ3n) is 6.17. The molecule has 0 bridgehead atoms. The van der Waals surface area contributed by atoms with Crippen molar-refractivity contribution < 1.29 is 22.7 Å². The summed E-state index contributed by atoms with van der Waals surface area (Å²) >= 11 is 1.43. The number of sulfonamides is 1. The van der Waals surface area contributed by atoms with Crippen LogP contribution in [0.2, 0.25) is 0 Å². The number of aromatic nitrogens is 1. The van der Waals surface area contributed by atoms with Gasteiger partial charge in [0.15, 0.2) is 5.13 Å². The summed E-state index contributed by atoms with van der Waals surface area (Å²) in [6.07, 6.45) is 0.408. The van der Waals surface area contributed by atoms with Crippen molar-refractivity contribution in [3.8, 4) is 5.75 Å². The lowest BCUT2D eigenvalue weighted by Crippen LogP contribution is -2.48. The van der Waals surface area contributed by atoms with E-state index in [-0.39, 0.29) is 23.0 Å². The number of amides is 1. The van der Waals surface area contributed by atoms with Gasteiger partial charge in [-0.25, -0.2) is 13.4 Å². The molecule has 1 fully saturated rings. The molecule has 1 saturated heterocycles. The van der Waals surface area contributed by atoms with Crippen LogP contribution in [0.1, 0.15) is 30.6 Å². The fourth-order valence-corrected chi connectivity index (χ4v) is 6.97. The first-order valence-corrected chi connectivity index (χ1v) is 14.5. The minimum absolute atomic E-state index is 0.164. The fourth-order valence-electron chi connectivity index (χ4n) is 4.37. The monoisotopic (exact) mass is 546 g/mol. The predicted molar refractivity (Wildman–Crippen MR) is 146 cm³/mol. The van der Waals surface area contributed by atoms with Crippen LogP contribution in [0.15, 0.2) is 47.4 Å². The average molecular weight is 547 g/mol. The zero-order chi connectivity index (χ0) is 26.7. The van der Waals surface area contributed by atoms with E-state index in [1.54, 1.807) is 24.1 Å². The quantitative estimate of drug-likeness (QED) is 0.404. The number of fused-ring (bicyclic) bond motifs is 1. The molecule has 1 aliphatic heterocycles. The van der Waals surface area contributed by atoms with E-state index in [0.717, 1.165) is 28.9 Å². The SMILES string of the molecule is COc1ccc2nc(N(CCCN(C)C)C(=O)c3ccc(S(=O)(=O)N4CC(C)OC(C)C4)cc3)sc2c1. The zero-order valence-electron chi connectivity index (χ0n) is 21.9. The maximum Gasteiger partial charge on any atom is 0.260 e. The minimum Gasteiger partial charge on any atom is -0.497 e. The van der Waals surface area contributed by atoms with Crippen molar-refractivity contribution in [2.24, 2.45) is 0 Å². The van der Waals surface area contributed by atoms with Crippen LogP contribution in [0, 0.1) is 0 Å². The maximum atomic E-state index is 13.6. The molecule has 0 radical (unpaired) electrons. The van der Waals surface area contributed by atoms with Gasteiger partial charge in [0, 0.05) is 25.2 Å². The van der Waals surface area contributed by atoms with Gasteiger partial charge in [-0.3, -0.25) is 9.69 Å². The van der Waals surface area contributed by atoms with Gasteiger partial charge in [-0.05, 0) is 83.4 Å². The van der Waals surface area contributed by atoms with E-state index >= 15 is 0 Å². The molecule has 0 N–H and O–H groups in total. The Morgan fingerprint density at radius 3 is 2.41 bits per heavy atom. The minimum atomic E-state index is -3.69. The molecule has 9 nitrogen and oxygen atoms in total. The molecule has 0 aliphatic carbocycles. The largest absolute Gasteiger partial charge is 0.497 e.